The van der Waals surface area contributed by atoms with Crippen molar-refractivity contribution in [2.45, 2.75) is 25.4 Å². The lowest BCUT2D eigenvalue weighted by atomic mass is 10.0. The first-order valence-electron chi connectivity index (χ1n) is 11.4. The van der Waals surface area contributed by atoms with E-state index in [2.05, 4.69) is 5.32 Å². The molecule has 8 nitrogen and oxygen atoms in total. The predicted octanol–water partition coefficient (Wildman–Crippen LogP) is 4.20. The van der Waals surface area contributed by atoms with E-state index in [0.717, 1.165) is 16.0 Å². The molecule has 3 aromatic carbocycles. The van der Waals surface area contributed by atoms with Crippen LogP contribution in [0.1, 0.15) is 16.7 Å². The van der Waals surface area contributed by atoms with Crippen molar-refractivity contribution in [3.05, 3.63) is 93.5 Å². The molecule has 0 aromatic heterocycles. The lowest BCUT2D eigenvalue weighted by molar-refractivity contribution is -0.135. The highest BCUT2D eigenvalue weighted by molar-refractivity contribution is 6.42. The molecule has 3 aromatic rings. The fourth-order valence-corrected chi connectivity index (χ4v) is 4.14. The number of amides is 2. The first-order chi connectivity index (χ1) is 17.7. The highest BCUT2D eigenvalue weighted by atomic mass is 35.5. The van der Waals surface area contributed by atoms with Crippen molar-refractivity contribution in [3.8, 4) is 11.5 Å². The minimum absolute atomic E-state index is 0.106. The summed E-state index contributed by atoms with van der Waals surface area (Å²) in [6.07, 6.45) is 0.0522. The molecule has 4 N–H and O–H groups in total. The molecule has 3 rings (SSSR count). The first kappa shape index (κ1) is 27.8. The zero-order valence-electron chi connectivity index (χ0n) is 20.5. The predicted molar refractivity (Wildman–Crippen MR) is 144 cm³/mol. The van der Waals surface area contributed by atoms with Gasteiger partial charge in [-0.15, -0.1) is 0 Å². The smallest absolute Gasteiger partial charge is 0.243 e. The van der Waals surface area contributed by atoms with Crippen LogP contribution in [-0.2, 0) is 29.0 Å². The van der Waals surface area contributed by atoms with Gasteiger partial charge in [-0.3, -0.25) is 19.9 Å². The van der Waals surface area contributed by atoms with Crippen LogP contribution < -0.4 is 20.5 Å². The number of ether oxygens (including phenoxy) is 2. The minimum atomic E-state index is -1.06. The molecule has 0 aliphatic rings. The van der Waals surface area contributed by atoms with Crippen molar-refractivity contribution < 1.29 is 19.1 Å². The van der Waals surface area contributed by atoms with Crippen LogP contribution in [0.25, 0.3) is 0 Å². The van der Waals surface area contributed by atoms with E-state index in [1.165, 1.54) is 14.2 Å². The second kappa shape index (κ2) is 13.0. The van der Waals surface area contributed by atoms with Crippen molar-refractivity contribution in [1.29, 1.82) is 5.41 Å². The summed E-state index contributed by atoms with van der Waals surface area (Å²) in [5.74, 6) is -0.527. The summed E-state index contributed by atoms with van der Waals surface area (Å²) < 4.78 is 10.6. The van der Waals surface area contributed by atoms with Crippen molar-refractivity contribution in [3.63, 3.8) is 0 Å². The van der Waals surface area contributed by atoms with Gasteiger partial charge >= 0.3 is 0 Å². The Morgan fingerprint density at radius 2 is 1.59 bits per heavy atom. The SMILES string of the molecule is COc1ccc(CC(=O)N(C(=N)N)[C@H](Cc2ccccc2)C(=O)NCc2ccc(Cl)c(Cl)c2)cc1OC. The molecule has 37 heavy (non-hydrogen) atoms. The average Bonchev–Trinajstić information content (AvgIpc) is 2.89. The molecule has 0 fully saturated rings. The summed E-state index contributed by atoms with van der Waals surface area (Å²) in [5, 5.41) is 11.8. The van der Waals surface area contributed by atoms with Gasteiger partial charge in [0.2, 0.25) is 11.8 Å². The van der Waals surface area contributed by atoms with Gasteiger partial charge in [0.25, 0.3) is 0 Å². The van der Waals surface area contributed by atoms with Gasteiger partial charge in [0.05, 0.1) is 30.7 Å². The second-order valence-corrected chi connectivity index (χ2v) is 9.00. The number of carbonyl (C=O) groups is 2. The molecular formula is C27H28Cl2N4O4. The number of benzene rings is 3. The lowest BCUT2D eigenvalue weighted by Gasteiger charge is -2.30. The van der Waals surface area contributed by atoms with Crippen molar-refractivity contribution in [2.75, 3.05) is 14.2 Å². The van der Waals surface area contributed by atoms with Crippen LogP contribution in [0.4, 0.5) is 0 Å². The number of halogens is 2. The van der Waals surface area contributed by atoms with Gasteiger partial charge in [0, 0.05) is 13.0 Å². The maximum Gasteiger partial charge on any atom is 0.243 e. The number of rotatable bonds is 10. The molecule has 0 heterocycles. The van der Waals surface area contributed by atoms with Crippen molar-refractivity contribution in [2.24, 2.45) is 5.73 Å². The molecule has 0 bridgehead atoms. The molecule has 0 saturated carbocycles. The Hall–Kier alpha value is -3.75. The van der Waals surface area contributed by atoms with Gasteiger partial charge in [-0.05, 0) is 41.0 Å². The highest BCUT2D eigenvalue weighted by Crippen LogP contribution is 2.28. The Balaban J connectivity index is 1.86. The van der Waals surface area contributed by atoms with Crippen LogP contribution in [0.3, 0.4) is 0 Å². The topological polar surface area (TPSA) is 118 Å². The fourth-order valence-electron chi connectivity index (χ4n) is 3.82. The zero-order valence-corrected chi connectivity index (χ0v) is 22.0. The van der Waals surface area contributed by atoms with Gasteiger partial charge in [-0.2, -0.15) is 0 Å². The highest BCUT2D eigenvalue weighted by Gasteiger charge is 2.32. The number of nitrogens with one attached hydrogen (secondary N) is 2. The average molecular weight is 543 g/mol. The van der Waals surface area contributed by atoms with Crippen LogP contribution in [0.15, 0.2) is 66.7 Å². The Kier molecular flexibility index (Phi) is 9.77. The van der Waals surface area contributed by atoms with E-state index in [1.54, 1.807) is 36.4 Å². The number of hydrogen-bond acceptors (Lipinski definition) is 5. The molecule has 0 unspecified atom stereocenters. The van der Waals surface area contributed by atoms with E-state index < -0.39 is 23.8 Å². The Labute approximate surface area is 225 Å². The number of hydrogen-bond donors (Lipinski definition) is 3. The van der Waals surface area contributed by atoms with E-state index in [0.29, 0.717) is 27.1 Å². The minimum Gasteiger partial charge on any atom is -0.493 e. The van der Waals surface area contributed by atoms with Gasteiger partial charge in [0.15, 0.2) is 17.5 Å². The Morgan fingerprint density at radius 3 is 2.22 bits per heavy atom. The number of methoxy groups -OCH3 is 2. The van der Waals surface area contributed by atoms with Crippen LogP contribution >= 0.6 is 23.2 Å². The maximum absolute atomic E-state index is 13.4. The Bertz CT molecular complexity index is 1270. The summed E-state index contributed by atoms with van der Waals surface area (Å²) in [5.41, 5.74) is 8.01. The standard InChI is InChI=1S/C27H28Cl2N4O4/c1-36-23-11-9-18(14-24(23)37-2)15-25(34)33(27(30)31)22(13-17-6-4-3-5-7-17)26(35)32-16-19-8-10-20(28)21(29)12-19/h3-12,14,22H,13,15-16H2,1-2H3,(H3,30,31)(H,32,35)/t22-/m1/s1. The zero-order chi connectivity index (χ0) is 26.9. The number of guanidine groups is 1. The molecule has 1 atom stereocenters. The van der Waals surface area contributed by atoms with E-state index in [9.17, 15) is 9.59 Å². The summed E-state index contributed by atoms with van der Waals surface area (Å²) in [7, 11) is 3.02. The molecule has 0 radical (unpaired) electrons. The number of nitrogens with two attached hydrogens (primary N) is 1. The molecule has 194 valence electrons. The third kappa shape index (κ3) is 7.38. The van der Waals surface area contributed by atoms with Gasteiger partial charge in [-0.25, -0.2) is 0 Å². The molecule has 10 heteroatoms. The fraction of sp³-hybridized carbons (Fsp3) is 0.222. The van der Waals surface area contributed by atoms with E-state index in [4.69, 9.17) is 43.8 Å². The molecular weight excluding hydrogens is 515 g/mol. The van der Waals surface area contributed by atoms with Crippen LogP contribution in [0.2, 0.25) is 10.0 Å². The summed E-state index contributed by atoms with van der Waals surface area (Å²) >= 11 is 12.1. The lowest BCUT2D eigenvalue weighted by Crippen LogP contribution is -2.55. The molecule has 0 aliphatic heterocycles. The maximum atomic E-state index is 13.4. The van der Waals surface area contributed by atoms with Crippen LogP contribution in [0, 0.1) is 5.41 Å². The van der Waals surface area contributed by atoms with Crippen LogP contribution in [0.5, 0.6) is 11.5 Å². The monoisotopic (exact) mass is 542 g/mol. The van der Waals surface area contributed by atoms with Gasteiger partial charge < -0.3 is 20.5 Å². The summed E-state index contributed by atoms with van der Waals surface area (Å²) in [4.78, 5) is 27.9. The molecule has 0 aliphatic carbocycles. The number of nitrogens with zero attached hydrogens (tertiary/aromatic N) is 1. The summed E-state index contributed by atoms with van der Waals surface area (Å²) in [6.45, 7) is 0.149. The third-order valence-corrected chi connectivity index (χ3v) is 6.41. The first-order valence-corrected chi connectivity index (χ1v) is 12.1. The molecule has 2 amide bonds. The quantitative estimate of drug-likeness (QED) is 0.262. The van der Waals surface area contributed by atoms with Gasteiger partial charge in [0.1, 0.15) is 6.04 Å². The largest absolute Gasteiger partial charge is 0.493 e. The van der Waals surface area contributed by atoms with Crippen molar-refractivity contribution >= 4 is 41.0 Å². The number of carbonyl (C=O) groups excluding carboxylic acids is 2. The van der Waals surface area contributed by atoms with Crippen molar-refractivity contribution in [1.82, 2.24) is 10.2 Å². The second-order valence-electron chi connectivity index (χ2n) is 8.19. The van der Waals surface area contributed by atoms with E-state index in [1.807, 2.05) is 30.3 Å². The molecule has 0 spiro atoms. The van der Waals surface area contributed by atoms with Gasteiger partial charge in [-0.1, -0.05) is 65.7 Å². The molecule has 0 saturated heterocycles. The van der Waals surface area contributed by atoms with Crippen LogP contribution in [-0.4, -0.2) is 42.9 Å². The Morgan fingerprint density at radius 1 is 0.919 bits per heavy atom. The van der Waals surface area contributed by atoms with E-state index in [-0.39, 0.29) is 19.4 Å². The normalized spacial score (nSPS) is 11.4. The van der Waals surface area contributed by atoms with E-state index >= 15 is 0 Å². The summed E-state index contributed by atoms with van der Waals surface area (Å²) in [6, 6.07) is 18.3. The third-order valence-electron chi connectivity index (χ3n) is 5.67.